The molecule has 0 saturated heterocycles. The van der Waals surface area contributed by atoms with Gasteiger partial charge in [-0.05, 0) is 12.8 Å². The highest BCUT2D eigenvalue weighted by atomic mass is 35.5. The van der Waals surface area contributed by atoms with Crippen molar-refractivity contribution in [3.05, 3.63) is 0 Å². The molecular formula is C8H18Cl2N2O4. The predicted molar refractivity (Wildman–Crippen MR) is 63.7 cm³/mol. The van der Waals surface area contributed by atoms with Crippen molar-refractivity contribution in [1.29, 1.82) is 0 Å². The highest BCUT2D eigenvalue weighted by Gasteiger charge is 2.19. The Balaban J connectivity index is -0.000000845. The maximum absolute atomic E-state index is 10.9. The zero-order chi connectivity index (χ0) is 11.1. The van der Waals surface area contributed by atoms with E-state index in [-0.39, 0.29) is 24.8 Å². The second-order valence-corrected chi connectivity index (χ2v) is 2.84. The molecular weight excluding hydrogens is 259 g/mol. The first-order valence-corrected chi connectivity index (χ1v) is 4.19. The van der Waals surface area contributed by atoms with Crippen molar-refractivity contribution < 1.29 is 19.1 Å². The smallest absolute Gasteiger partial charge is 0.322 e. The molecule has 0 rings (SSSR count). The van der Waals surface area contributed by atoms with Crippen LogP contribution >= 0.6 is 24.8 Å². The molecule has 0 unspecified atom stereocenters. The van der Waals surface area contributed by atoms with Crippen molar-refractivity contribution in [2.24, 2.45) is 11.5 Å². The fraction of sp³-hybridized carbons (Fsp3) is 0.750. The van der Waals surface area contributed by atoms with Crippen LogP contribution in [0.2, 0.25) is 0 Å². The quantitative estimate of drug-likeness (QED) is 0.663. The van der Waals surface area contributed by atoms with E-state index < -0.39 is 24.0 Å². The second kappa shape index (κ2) is 10.9. The third kappa shape index (κ3) is 7.70. The summed E-state index contributed by atoms with van der Waals surface area (Å²) in [4.78, 5) is 21.7. The van der Waals surface area contributed by atoms with E-state index in [1.165, 1.54) is 14.2 Å². The maximum atomic E-state index is 10.9. The molecule has 0 aromatic heterocycles. The number of carbonyl (C=O) groups is 2. The lowest BCUT2D eigenvalue weighted by Gasteiger charge is -2.12. The number of hydrogen-bond donors (Lipinski definition) is 2. The first kappa shape index (κ1) is 20.8. The summed E-state index contributed by atoms with van der Waals surface area (Å²) in [5.41, 5.74) is 10.9. The first-order valence-electron chi connectivity index (χ1n) is 4.19. The first-order chi connectivity index (χ1) is 6.52. The lowest BCUT2D eigenvalue weighted by Crippen LogP contribution is -2.37. The van der Waals surface area contributed by atoms with E-state index in [1.54, 1.807) is 0 Å². The van der Waals surface area contributed by atoms with Crippen LogP contribution in [0.1, 0.15) is 12.8 Å². The molecule has 2 atom stereocenters. The summed E-state index contributed by atoms with van der Waals surface area (Å²) in [6, 6.07) is -1.48. The summed E-state index contributed by atoms with van der Waals surface area (Å²) < 4.78 is 8.82. The fourth-order valence-electron chi connectivity index (χ4n) is 0.898. The van der Waals surface area contributed by atoms with Gasteiger partial charge in [0.25, 0.3) is 0 Å². The molecule has 0 radical (unpaired) electrons. The third-order valence-corrected chi connectivity index (χ3v) is 1.80. The molecule has 0 aromatic rings. The van der Waals surface area contributed by atoms with Gasteiger partial charge in [-0.25, -0.2) is 0 Å². The van der Waals surface area contributed by atoms with Crippen LogP contribution in [0.5, 0.6) is 0 Å². The van der Waals surface area contributed by atoms with Gasteiger partial charge in [0.2, 0.25) is 0 Å². The molecule has 0 aromatic carbocycles. The van der Waals surface area contributed by atoms with E-state index in [0.717, 1.165) is 0 Å². The monoisotopic (exact) mass is 276 g/mol. The molecule has 0 bridgehead atoms. The Morgan fingerprint density at radius 1 is 0.938 bits per heavy atom. The molecule has 0 saturated carbocycles. The van der Waals surface area contributed by atoms with E-state index in [2.05, 4.69) is 9.47 Å². The molecule has 0 spiro atoms. The van der Waals surface area contributed by atoms with Gasteiger partial charge < -0.3 is 20.9 Å². The number of methoxy groups -OCH3 is 2. The second-order valence-electron chi connectivity index (χ2n) is 2.84. The van der Waals surface area contributed by atoms with Crippen molar-refractivity contribution >= 4 is 36.8 Å². The Bertz CT molecular complexity index is 194. The lowest BCUT2D eigenvalue weighted by atomic mass is 10.1. The Hall–Kier alpha value is -0.560. The van der Waals surface area contributed by atoms with Crippen LogP contribution in [0.3, 0.4) is 0 Å². The predicted octanol–water partition coefficient (Wildman–Crippen LogP) is -0.389. The van der Waals surface area contributed by atoms with Gasteiger partial charge in [-0.3, -0.25) is 9.59 Å². The normalized spacial score (nSPS) is 12.5. The summed E-state index contributed by atoms with van der Waals surface area (Å²) in [5.74, 6) is -1.02. The minimum absolute atomic E-state index is 0. The van der Waals surface area contributed by atoms with E-state index >= 15 is 0 Å². The van der Waals surface area contributed by atoms with Crippen molar-refractivity contribution in [2.45, 2.75) is 24.9 Å². The fourth-order valence-corrected chi connectivity index (χ4v) is 0.898. The van der Waals surface area contributed by atoms with Gasteiger partial charge in [0.1, 0.15) is 12.1 Å². The van der Waals surface area contributed by atoms with Crippen LogP contribution in [-0.4, -0.2) is 38.2 Å². The Labute approximate surface area is 107 Å². The number of esters is 2. The van der Waals surface area contributed by atoms with Crippen molar-refractivity contribution in [2.75, 3.05) is 14.2 Å². The van der Waals surface area contributed by atoms with Gasteiger partial charge in [0.15, 0.2) is 0 Å². The standard InChI is InChI=1S/C8H16N2O4.2ClH/c1-13-7(11)5(9)3-4-6(10)8(12)14-2;;/h5-6H,3-4,9-10H2,1-2H3;2*1H/t5-,6-;;/m0../s1. The van der Waals surface area contributed by atoms with Crippen molar-refractivity contribution in [3.63, 3.8) is 0 Å². The lowest BCUT2D eigenvalue weighted by molar-refractivity contribution is -0.144. The zero-order valence-electron chi connectivity index (χ0n) is 9.17. The highest BCUT2D eigenvalue weighted by molar-refractivity contribution is 5.85. The van der Waals surface area contributed by atoms with E-state index in [0.29, 0.717) is 12.8 Å². The van der Waals surface area contributed by atoms with E-state index in [1.807, 2.05) is 0 Å². The van der Waals surface area contributed by atoms with Gasteiger partial charge in [0.05, 0.1) is 14.2 Å². The molecule has 8 heteroatoms. The van der Waals surface area contributed by atoms with Gasteiger partial charge in [-0.15, -0.1) is 24.8 Å². The van der Waals surface area contributed by atoms with E-state index in [9.17, 15) is 9.59 Å². The SMILES string of the molecule is COC(=O)[C@@H](N)CC[C@H](N)C(=O)OC.Cl.Cl. The van der Waals surface area contributed by atoms with Crippen LogP contribution in [-0.2, 0) is 19.1 Å². The molecule has 4 N–H and O–H groups in total. The average Bonchev–Trinajstić information content (AvgIpc) is 2.22. The van der Waals surface area contributed by atoms with Gasteiger partial charge in [-0.1, -0.05) is 0 Å². The van der Waals surface area contributed by atoms with Gasteiger partial charge in [0, 0.05) is 0 Å². The number of rotatable bonds is 5. The Morgan fingerprint density at radius 2 is 1.19 bits per heavy atom. The van der Waals surface area contributed by atoms with Gasteiger partial charge in [-0.2, -0.15) is 0 Å². The molecule has 0 fully saturated rings. The summed E-state index contributed by atoms with van der Waals surface area (Å²) in [6.45, 7) is 0. The third-order valence-electron chi connectivity index (χ3n) is 1.80. The summed E-state index contributed by atoms with van der Waals surface area (Å²) >= 11 is 0. The van der Waals surface area contributed by atoms with Crippen LogP contribution in [0.4, 0.5) is 0 Å². The maximum Gasteiger partial charge on any atom is 0.322 e. The largest absolute Gasteiger partial charge is 0.468 e. The molecule has 0 amide bonds. The molecule has 6 nitrogen and oxygen atoms in total. The minimum atomic E-state index is -0.740. The Morgan fingerprint density at radius 3 is 1.38 bits per heavy atom. The van der Waals surface area contributed by atoms with Crippen LogP contribution in [0.25, 0.3) is 0 Å². The van der Waals surface area contributed by atoms with Crippen molar-refractivity contribution in [3.8, 4) is 0 Å². The molecule has 16 heavy (non-hydrogen) atoms. The van der Waals surface area contributed by atoms with Crippen LogP contribution in [0, 0.1) is 0 Å². The topological polar surface area (TPSA) is 105 Å². The zero-order valence-corrected chi connectivity index (χ0v) is 10.8. The van der Waals surface area contributed by atoms with Crippen LogP contribution < -0.4 is 11.5 Å². The molecule has 0 aliphatic rings. The summed E-state index contributed by atoms with van der Waals surface area (Å²) in [6.07, 6.45) is 0.589. The average molecular weight is 277 g/mol. The number of carbonyl (C=O) groups excluding carboxylic acids is 2. The number of halogens is 2. The molecule has 0 aliphatic heterocycles. The molecule has 0 aliphatic carbocycles. The summed E-state index contributed by atoms with van der Waals surface area (Å²) in [7, 11) is 2.50. The number of nitrogens with two attached hydrogens (primary N) is 2. The Kier molecular flexibility index (Phi) is 14.2. The summed E-state index contributed by atoms with van der Waals surface area (Å²) in [5, 5.41) is 0. The van der Waals surface area contributed by atoms with Crippen molar-refractivity contribution in [1.82, 2.24) is 0 Å². The van der Waals surface area contributed by atoms with Gasteiger partial charge >= 0.3 is 11.9 Å². The van der Waals surface area contributed by atoms with E-state index in [4.69, 9.17) is 11.5 Å². The number of ether oxygens (including phenoxy) is 2. The van der Waals surface area contributed by atoms with Crippen LogP contribution in [0.15, 0.2) is 0 Å². The highest BCUT2D eigenvalue weighted by Crippen LogP contribution is 2.01. The number of hydrogen-bond acceptors (Lipinski definition) is 6. The minimum Gasteiger partial charge on any atom is -0.468 e. The molecule has 0 heterocycles. The molecule has 98 valence electrons.